The molecular weight excluding hydrogens is 246 g/mol. The van der Waals surface area contributed by atoms with E-state index in [1.807, 2.05) is 0 Å². The van der Waals surface area contributed by atoms with Crippen molar-refractivity contribution >= 4 is 11.9 Å². The van der Waals surface area contributed by atoms with Crippen LogP contribution in [0.1, 0.15) is 49.4 Å². The smallest absolute Gasteiger partial charge is 0.305 e. The maximum Gasteiger partial charge on any atom is 0.305 e. The molecule has 0 saturated carbocycles. The summed E-state index contributed by atoms with van der Waals surface area (Å²) in [5.74, 6) is -1.05. The highest BCUT2D eigenvalue weighted by molar-refractivity contribution is 5.94. The third-order valence-electron chi connectivity index (χ3n) is 2.93. The van der Waals surface area contributed by atoms with Crippen LogP contribution in [0.15, 0.2) is 23.0 Å². The minimum absolute atomic E-state index is 0.0304. The summed E-state index contributed by atoms with van der Waals surface area (Å²) in [6, 6.07) is 1.60. The molecule has 1 N–H and O–H groups in total. The lowest BCUT2D eigenvalue weighted by atomic mass is 10.2. The van der Waals surface area contributed by atoms with Crippen LogP contribution in [0.3, 0.4) is 0 Å². The zero-order chi connectivity index (χ0) is 14.1. The first-order valence-corrected chi connectivity index (χ1v) is 6.68. The first kappa shape index (κ1) is 15.3. The molecule has 0 aliphatic carbocycles. The maximum atomic E-state index is 12.2. The molecule has 1 amide bonds. The molecule has 0 radical (unpaired) electrons. The Bertz CT molecular complexity index is 386. The third-order valence-corrected chi connectivity index (χ3v) is 2.93. The van der Waals surface area contributed by atoms with E-state index in [2.05, 4.69) is 6.92 Å². The molecule has 0 bridgehead atoms. The number of amides is 1. The van der Waals surface area contributed by atoms with Crippen molar-refractivity contribution < 1.29 is 19.1 Å². The second-order valence-corrected chi connectivity index (χ2v) is 4.51. The van der Waals surface area contributed by atoms with Crippen molar-refractivity contribution in [3.05, 3.63) is 24.2 Å². The minimum Gasteiger partial charge on any atom is -0.481 e. The number of unbranched alkanes of at least 4 members (excludes halogenated alkanes) is 3. The van der Waals surface area contributed by atoms with E-state index in [1.54, 1.807) is 11.0 Å². The van der Waals surface area contributed by atoms with E-state index in [1.165, 1.54) is 12.5 Å². The first-order valence-electron chi connectivity index (χ1n) is 6.68. The summed E-state index contributed by atoms with van der Waals surface area (Å²) in [5.41, 5.74) is 0.473. The highest BCUT2D eigenvalue weighted by atomic mass is 16.4. The van der Waals surface area contributed by atoms with Gasteiger partial charge in [-0.05, 0) is 12.5 Å². The number of carboxylic acids is 1. The molecule has 106 valence electrons. The van der Waals surface area contributed by atoms with Crippen molar-refractivity contribution in [1.29, 1.82) is 0 Å². The summed E-state index contributed by atoms with van der Waals surface area (Å²) in [5, 5.41) is 8.73. The fourth-order valence-corrected chi connectivity index (χ4v) is 1.84. The molecule has 1 aromatic rings. The number of carboxylic acid groups (broad SMARTS) is 1. The molecule has 1 aromatic heterocycles. The van der Waals surface area contributed by atoms with Crippen molar-refractivity contribution in [2.45, 2.75) is 39.0 Å². The molecule has 0 aromatic carbocycles. The number of rotatable bonds is 9. The second kappa shape index (κ2) is 8.34. The van der Waals surface area contributed by atoms with E-state index in [4.69, 9.17) is 9.52 Å². The molecule has 19 heavy (non-hydrogen) atoms. The topological polar surface area (TPSA) is 70.8 Å². The lowest BCUT2D eigenvalue weighted by molar-refractivity contribution is -0.137. The Morgan fingerprint density at radius 2 is 2.05 bits per heavy atom. The van der Waals surface area contributed by atoms with Gasteiger partial charge in [0.05, 0.1) is 18.2 Å². The van der Waals surface area contributed by atoms with Crippen molar-refractivity contribution in [3.8, 4) is 0 Å². The van der Waals surface area contributed by atoms with Crippen LogP contribution in [0.2, 0.25) is 0 Å². The number of carbonyl (C=O) groups excluding carboxylic acids is 1. The molecule has 0 saturated heterocycles. The van der Waals surface area contributed by atoms with Crippen LogP contribution in [0.25, 0.3) is 0 Å². The normalized spacial score (nSPS) is 10.4. The molecule has 0 atom stereocenters. The third kappa shape index (κ3) is 5.59. The molecule has 1 heterocycles. The maximum absolute atomic E-state index is 12.2. The second-order valence-electron chi connectivity index (χ2n) is 4.51. The summed E-state index contributed by atoms with van der Waals surface area (Å²) in [4.78, 5) is 24.4. The van der Waals surface area contributed by atoms with Crippen molar-refractivity contribution in [3.63, 3.8) is 0 Å². The highest BCUT2D eigenvalue weighted by Crippen LogP contribution is 2.09. The van der Waals surface area contributed by atoms with Gasteiger partial charge >= 0.3 is 5.97 Å². The Hall–Kier alpha value is -1.78. The predicted molar refractivity (Wildman–Crippen MR) is 71.0 cm³/mol. The Balaban J connectivity index is 2.52. The monoisotopic (exact) mass is 267 g/mol. The van der Waals surface area contributed by atoms with E-state index in [0.29, 0.717) is 12.1 Å². The molecule has 0 aliphatic rings. The summed E-state index contributed by atoms with van der Waals surface area (Å²) in [6.45, 7) is 2.96. The van der Waals surface area contributed by atoms with Gasteiger partial charge in [0.25, 0.3) is 5.91 Å². The predicted octanol–water partition coefficient (Wildman–Crippen LogP) is 2.78. The van der Waals surface area contributed by atoms with Gasteiger partial charge < -0.3 is 14.4 Å². The Morgan fingerprint density at radius 1 is 1.26 bits per heavy atom. The molecule has 1 rings (SSSR count). The summed E-state index contributed by atoms with van der Waals surface area (Å²) >= 11 is 0. The van der Waals surface area contributed by atoms with Crippen molar-refractivity contribution in [2.75, 3.05) is 13.1 Å². The molecule has 5 heteroatoms. The molecule has 0 aliphatic heterocycles. The molecular formula is C14H21NO4. The Morgan fingerprint density at radius 3 is 2.63 bits per heavy atom. The van der Waals surface area contributed by atoms with Gasteiger partial charge in [-0.15, -0.1) is 0 Å². The number of carbonyl (C=O) groups is 2. The average Bonchev–Trinajstić information content (AvgIpc) is 2.90. The lowest BCUT2D eigenvalue weighted by Crippen LogP contribution is -2.33. The van der Waals surface area contributed by atoms with Gasteiger partial charge in [0.15, 0.2) is 0 Å². The van der Waals surface area contributed by atoms with Gasteiger partial charge in [-0.2, -0.15) is 0 Å². The Kier molecular flexibility index (Phi) is 6.71. The first-order chi connectivity index (χ1) is 9.15. The number of hydrogen-bond donors (Lipinski definition) is 1. The van der Waals surface area contributed by atoms with Crippen molar-refractivity contribution in [2.24, 2.45) is 0 Å². The van der Waals surface area contributed by atoms with E-state index in [0.717, 1.165) is 25.7 Å². The largest absolute Gasteiger partial charge is 0.481 e. The zero-order valence-corrected chi connectivity index (χ0v) is 11.3. The standard InChI is InChI=1S/C14H21NO4/c1-2-3-4-5-8-15(9-6-13(16)17)14(18)12-7-10-19-11-12/h7,10-11H,2-6,8-9H2,1H3,(H,16,17). The summed E-state index contributed by atoms with van der Waals surface area (Å²) < 4.78 is 4.89. The molecule has 0 spiro atoms. The molecule has 0 fully saturated rings. The van der Waals surface area contributed by atoms with E-state index >= 15 is 0 Å². The lowest BCUT2D eigenvalue weighted by Gasteiger charge is -2.21. The van der Waals surface area contributed by atoms with Crippen LogP contribution < -0.4 is 0 Å². The van der Waals surface area contributed by atoms with Crippen LogP contribution in [0.5, 0.6) is 0 Å². The van der Waals surface area contributed by atoms with Crippen LogP contribution in [-0.4, -0.2) is 35.0 Å². The summed E-state index contributed by atoms with van der Waals surface area (Å²) in [7, 11) is 0. The SMILES string of the molecule is CCCCCCN(CCC(=O)O)C(=O)c1ccoc1. The van der Waals surface area contributed by atoms with Gasteiger partial charge in [-0.3, -0.25) is 9.59 Å². The number of nitrogens with zero attached hydrogens (tertiary/aromatic N) is 1. The molecule has 5 nitrogen and oxygen atoms in total. The van der Waals surface area contributed by atoms with Crippen LogP contribution in [-0.2, 0) is 4.79 Å². The number of furan rings is 1. The number of aliphatic carboxylic acids is 1. The van der Waals surface area contributed by atoms with Gasteiger partial charge in [-0.1, -0.05) is 26.2 Å². The minimum atomic E-state index is -0.890. The zero-order valence-electron chi connectivity index (χ0n) is 11.3. The van der Waals surface area contributed by atoms with E-state index < -0.39 is 5.97 Å². The fourth-order valence-electron chi connectivity index (χ4n) is 1.84. The van der Waals surface area contributed by atoms with Crippen LogP contribution in [0, 0.1) is 0 Å². The van der Waals surface area contributed by atoms with Gasteiger partial charge in [0.2, 0.25) is 0 Å². The average molecular weight is 267 g/mol. The van der Waals surface area contributed by atoms with E-state index in [9.17, 15) is 9.59 Å². The number of hydrogen-bond acceptors (Lipinski definition) is 3. The van der Waals surface area contributed by atoms with Gasteiger partial charge in [0, 0.05) is 13.1 Å². The summed E-state index contributed by atoms with van der Waals surface area (Å²) in [6.07, 6.45) is 7.02. The van der Waals surface area contributed by atoms with Gasteiger partial charge in [-0.25, -0.2) is 0 Å². The quantitative estimate of drug-likeness (QED) is 0.698. The Labute approximate surface area is 113 Å². The van der Waals surface area contributed by atoms with Crippen molar-refractivity contribution in [1.82, 2.24) is 4.90 Å². The van der Waals surface area contributed by atoms with Crippen LogP contribution >= 0.6 is 0 Å². The highest BCUT2D eigenvalue weighted by Gasteiger charge is 2.17. The fraction of sp³-hybridized carbons (Fsp3) is 0.571. The molecule has 0 unspecified atom stereocenters. The van der Waals surface area contributed by atoms with E-state index in [-0.39, 0.29) is 18.9 Å². The van der Waals surface area contributed by atoms with Crippen LogP contribution in [0.4, 0.5) is 0 Å². The van der Waals surface area contributed by atoms with Gasteiger partial charge in [0.1, 0.15) is 6.26 Å².